The Bertz CT molecular complexity index is 1090. The number of methoxy groups -OCH3 is 1. The smallest absolute Gasteiger partial charge is 0.197 e. The molecule has 4 rings (SSSR count). The van der Waals surface area contributed by atoms with Crippen LogP contribution in [0, 0.1) is 0 Å². The average molecular weight is 402 g/mol. The summed E-state index contributed by atoms with van der Waals surface area (Å²) in [5.41, 5.74) is 11.0. The SMILES string of the molecule is COc1ccc2c(c1)N(C)C(C(N)C(=O)c1cccn1C)CN=C2c1ccccc1. The summed E-state index contributed by atoms with van der Waals surface area (Å²) in [4.78, 5) is 20.1. The zero-order chi connectivity index (χ0) is 21.3. The van der Waals surface area contributed by atoms with Gasteiger partial charge in [0.2, 0.25) is 0 Å². The van der Waals surface area contributed by atoms with Gasteiger partial charge in [0.25, 0.3) is 0 Å². The van der Waals surface area contributed by atoms with E-state index in [1.165, 1.54) is 0 Å². The van der Waals surface area contributed by atoms with Crippen molar-refractivity contribution in [3.05, 3.63) is 83.7 Å². The van der Waals surface area contributed by atoms with Crippen LogP contribution in [0.15, 0.2) is 71.9 Å². The Morgan fingerprint density at radius 2 is 1.90 bits per heavy atom. The number of aromatic nitrogens is 1. The number of carbonyl (C=O) groups excluding carboxylic acids is 1. The number of nitrogens with zero attached hydrogens (tertiary/aromatic N) is 3. The molecule has 0 fully saturated rings. The fourth-order valence-electron chi connectivity index (χ4n) is 3.96. The second-order valence-electron chi connectivity index (χ2n) is 7.51. The monoisotopic (exact) mass is 402 g/mol. The molecule has 0 saturated heterocycles. The highest BCUT2D eigenvalue weighted by atomic mass is 16.5. The highest BCUT2D eigenvalue weighted by molar-refractivity contribution is 6.16. The molecule has 0 spiro atoms. The zero-order valence-corrected chi connectivity index (χ0v) is 17.4. The van der Waals surface area contributed by atoms with Gasteiger partial charge in [0.05, 0.1) is 37.1 Å². The van der Waals surface area contributed by atoms with Crippen molar-refractivity contribution in [3.63, 3.8) is 0 Å². The standard InChI is InChI=1S/C24H26N4O2/c1-27-13-7-10-19(27)24(29)22(25)21-15-26-23(16-8-5-4-6-9-16)18-12-11-17(30-3)14-20(18)28(21)2/h4-14,21-22H,15,25H2,1-3H3. The van der Waals surface area contributed by atoms with Gasteiger partial charge in [0, 0.05) is 43.2 Å². The molecule has 0 saturated carbocycles. The third kappa shape index (κ3) is 3.50. The minimum Gasteiger partial charge on any atom is -0.497 e. The number of rotatable bonds is 5. The summed E-state index contributed by atoms with van der Waals surface area (Å²) in [5.74, 6) is 0.651. The van der Waals surface area contributed by atoms with Gasteiger partial charge in [-0.1, -0.05) is 30.3 Å². The van der Waals surface area contributed by atoms with E-state index >= 15 is 0 Å². The molecule has 0 amide bonds. The third-order valence-corrected chi connectivity index (χ3v) is 5.73. The predicted octanol–water partition coefficient (Wildman–Crippen LogP) is 2.90. The average Bonchev–Trinajstić information content (AvgIpc) is 3.15. The molecule has 2 N–H and O–H groups in total. The summed E-state index contributed by atoms with van der Waals surface area (Å²) in [6.07, 6.45) is 1.85. The van der Waals surface area contributed by atoms with Gasteiger partial charge in [0.15, 0.2) is 5.78 Å². The topological polar surface area (TPSA) is 72.8 Å². The van der Waals surface area contributed by atoms with Crippen molar-refractivity contribution in [3.8, 4) is 5.75 Å². The molecule has 6 heteroatoms. The second kappa shape index (κ2) is 8.16. The van der Waals surface area contributed by atoms with Crippen LogP contribution in [0.3, 0.4) is 0 Å². The van der Waals surface area contributed by atoms with Crippen LogP contribution in [0.4, 0.5) is 5.69 Å². The maximum Gasteiger partial charge on any atom is 0.197 e. The number of likely N-dealkylation sites (N-methyl/N-ethyl adjacent to an activating group) is 1. The van der Waals surface area contributed by atoms with Crippen LogP contribution in [-0.2, 0) is 7.05 Å². The molecule has 0 aliphatic carbocycles. The van der Waals surface area contributed by atoms with Gasteiger partial charge >= 0.3 is 0 Å². The summed E-state index contributed by atoms with van der Waals surface area (Å²) in [5, 5.41) is 0. The number of hydrogen-bond donors (Lipinski definition) is 1. The van der Waals surface area contributed by atoms with E-state index < -0.39 is 6.04 Å². The van der Waals surface area contributed by atoms with Crippen molar-refractivity contribution >= 4 is 17.2 Å². The molecule has 2 atom stereocenters. The van der Waals surface area contributed by atoms with Crippen LogP contribution in [0.1, 0.15) is 21.6 Å². The van der Waals surface area contributed by atoms with Crippen LogP contribution in [0.25, 0.3) is 0 Å². The first-order valence-electron chi connectivity index (χ1n) is 9.93. The minimum absolute atomic E-state index is 0.0952. The van der Waals surface area contributed by atoms with Crippen LogP contribution in [0.5, 0.6) is 5.75 Å². The summed E-state index contributed by atoms with van der Waals surface area (Å²) >= 11 is 0. The number of anilines is 1. The molecule has 0 radical (unpaired) electrons. The lowest BCUT2D eigenvalue weighted by molar-refractivity contribution is 0.0941. The van der Waals surface area contributed by atoms with Crippen LogP contribution >= 0.6 is 0 Å². The number of benzodiazepines with no additional fused rings is 1. The van der Waals surface area contributed by atoms with E-state index in [4.69, 9.17) is 15.5 Å². The number of carbonyl (C=O) groups is 1. The molecule has 1 aliphatic rings. The number of hydrogen-bond acceptors (Lipinski definition) is 5. The van der Waals surface area contributed by atoms with E-state index in [0.717, 1.165) is 28.3 Å². The van der Waals surface area contributed by atoms with Gasteiger partial charge in [-0.15, -0.1) is 0 Å². The van der Waals surface area contributed by atoms with Crippen molar-refractivity contribution < 1.29 is 9.53 Å². The Hall–Kier alpha value is -3.38. The Morgan fingerprint density at radius 3 is 2.57 bits per heavy atom. The maximum absolute atomic E-state index is 13.1. The molecule has 2 aromatic carbocycles. The molecule has 0 bridgehead atoms. The molecule has 1 aromatic heterocycles. The van der Waals surface area contributed by atoms with Gasteiger partial charge in [0.1, 0.15) is 5.75 Å². The van der Waals surface area contributed by atoms with Crippen molar-refractivity contribution in [2.24, 2.45) is 17.8 Å². The highest BCUT2D eigenvalue weighted by Crippen LogP contribution is 2.32. The first kappa shape index (κ1) is 19.9. The van der Waals surface area contributed by atoms with Crippen molar-refractivity contribution in [2.45, 2.75) is 12.1 Å². The number of fused-ring (bicyclic) bond motifs is 1. The Kier molecular flexibility index (Phi) is 5.42. The fraction of sp³-hybridized carbons (Fsp3) is 0.250. The Morgan fingerprint density at radius 1 is 1.13 bits per heavy atom. The number of ketones is 1. The zero-order valence-electron chi connectivity index (χ0n) is 17.4. The van der Waals surface area contributed by atoms with Gasteiger partial charge < -0.3 is 19.9 Å². The predicted molar refractivity (Wildman–Crippen MR) is 120 cm³/mol. The highest BCUT2D eigenvalue weighted by Gasteiger charge is 2.33. The number of Topliss-reactive ketones (excluding diaryl/α,β-unsaturated/α-hetero) is 1. The second-order valence-corrected chi connectivity index (χ2v) is 7.51. The van der Waals surface area contributed by atoms with Crippen LogP contribution < -0.4 is 15.4 Å². The van der Waals surface area contributed by atoms with Crippen LogP contribution in [-0.4, -0.2) is 48.8 Å². The summed E-state index contributed by atoms with van der Waals surface area (Å²) in [6.45, 7) is 0.412. The first-order valence-corrected chi connectivity index (χ1v) is 9.93. The molecule has 2 unspecified atom stereocenters. The molecular weight excluding hydrogens is 376 g/mol. The van der Waals surface area contributed by atoms with Crippen LogP contribution in [0.2, 0.25) is 0 Å². The lowest BCUT2D eigenvalue weighted by atomic mass is 9.98. The molecular formula is C24H26N4O2. The molecule has 2 heterocycles. The number of aryl methyl sites for hydroxylation is 1. The summed E-state index contributed by atoms with van der Waals surface area (Å²) in [7, 11) is 5.46. The lowest BCUT2D eigenvalue weighted by Gasteiger charge is -2.32. The van der Waals surface area contributed by atoms with E-state index in [2.05, 4.69) is 4.90 Å². The number of ether oxygens (including phenoxy) is 1. The Labute approximate surface area is 176 Å². The summed E-state index contributed by atoms with van der Waals surface area (Å²) < 4.78 is 7.26. The summed E-state index contributed by atoms with van der Waals surface area (Å²) in [6, 6.07) is 18.6. The molecule has 154 valence electrons. The number of nitrogens with two attached hydrogens (primary N) is 1. The number of aliphatic imine (C=N–C) groups is 1. The van der Waals surface area contributed by atoms with E-state index in [-0.39, 0.29) is 11.8 Å². The molecule has 3 aromatic rings. The van der Waals surface area contributed by atoms with Gasteiger partial charge in [-0.05, 0) is 24.3 Å². The molecule has 30 heavy (non-hydrogen) atoms. The first-order chi connectivity index (χ1) is 14.5. The van der Waals surface area contributed by atoms with Crippen molar-refractivity contribution in [2.75, 3.05) is 25.6 Å². The molecule has 6 nitrogen and oxygen atoms in total. The maximum atomic E-state index is 13.1. The third-order valence-electron chi connectivity index (χ3n) is 5.73. The molecule has 1 aliphatic heterocycles. The van der Waals surface area contributed by atoms with E-state index in [1.807, 2.05) is 74.9 Å². The van der Waals surface area contributed by atoms with Crippen molar-refractivity contribution in [1.29, 1.82) is 0 Å². The fourth-order valence-corrected chi connectivity index (χ4v) is 3.96. The van der Waals surface area contributed by atoms with E-state index in [1.54, 1.807) is 17.7 Å². The number of benzene rings is 2. The van der Waals surface area contributed by atoms with Gasteiger partial charge in [-0.25, -0.2) is 0 Å². The normalized spacial score (nSPS) is 17.0. The van der Waals surface area contributed by atoms with Gasteiger partial charge in [-0.2, -0.15) is 0 Å². The lowest BCUT2D eigenvalue weighted by Crippen LogP contribution is -2.52. The van der Waals surface area contributed by atoms with E-state index in [9.17, 15) is 4.79 Å². The Balaban J connectivity index is 1.79. The largest absolute Gasteiger partial charge is 0.497 e. The van der Waals surface area contributed by atoms with Gasteiger partial charge in [-0.3, -0.25) is 9.79 Å². The quantitative estimate of drug-likeness (QED) is 0.666. The van der Waals surface area contributed by atoms with E-state index in [0.29, 0.717) is 12.2 Å². The van der Waals surface area contributed by atoms with Crippen molar-refractivity contribution in [1.82, 2.24) is 4.57 Å². The minimum atomic E-state index is -0.721.